The van der Waals surface area contributed by atoms with E-state index in [1.807, 2.05) is 6.92 Å². The Hall–Kier alpha value is -2.43. The Kier molecular flexibility index (Phi) is 2.48. The second kappa shape index (κ2) is 4.05. The van der Waals surface area contributed by atoms with Crippen LogP contribution in [0.25, 0.3) is 16.9 Å². The smallest absolute Gasteiger partial charge is 0.140 e. The number of nitrogens with zero attached hydrogens (tertiary/aromatic N) is 2. The van der Waals surface area contributed by atoms with Gasteiger partial charge in [0.25, 0.3) is 0 Å². The number of hydrogen-bond acceptors (Lipinski definition) is 2. The third kappa shape index (κ3) is 1.83. The van der Waals surface area contributed by atoms with Crippen molar-refractivity contribution in [3.05, 3.63) is 53.7 Å². The van der Waals surface area contributed by atoms with E-state index in [-0.39, 0.29) is 5.82 Å². The van der Waals surface area contributed by atoms with Gasteiger partial charge in [-0.15, -0.1) is 0 Å². The second-order valence-electron chi connectivity index (χ2n) is 4.40. The van der Waals surface area contributed by atoms with Gasteiger partial charge in [-0.2, -0.15) is 0 Å². The molecule has 0 aliphatic rings. The zero-order chi connectivity index (χ0) is 13.6. The van der Waals surface area contributed by atoms with E-state index in [0.717, 1.165) is 5.56 Å². The average molecular weight is 259 g/mol. The number of aromatic nitrogens is 2. The lowest BCUT2D eigenvalue weighted by Crippen LogP contribution is -1.96. The number of anilines is 1. The van der Waals surface area contributed by atoms with Gasteiger partial charge in [0.2, 0.25) is 0 Å². The van der Waals surface area contributed by atoms with Gasteiger partial charge in [-0.05, 0) is 31.2 Å². The number of fused-ring (bicyclic) bond motifs is 1. The predicted molar refractivity (Wildman–Crippen MR) is 69.7 cm³/mol. The molecule has 96 valence electrons. The lowest BCUT2D eigenvalue weighted by atomic mass is 10.1. The van der Waals surface area contributed by atoms with Gasteiger partial charge in [-0.3, -0.25) is 4.40 Å². The van der Waals surface area contributed by atoms with Crippen molar-refractivity contribution in [1.29, 1.82) is 0 Å². The molecule has 0 bridgehead atoms. The maximum Gasteiger partial charge on any atom is 0.140 e. The second-order valence-corrected chi connectivity index (χ2v) is 4.40. The first-order chi connectivity index (χ1) is 9.06. The third-order valence-corrected chi connectivity index (χ3v) is 3.00. The summed E-state index contributed by atoms with van der Waals surface area (Å²) in [5.41, 5.74) is 7.96. The molecule has 2 aromatic heterocycles. The lowest BCUT2D eigenvalue weighted by Gasteiger charge is -2.02. The van der Waals surface area contributed by atoms with E-state index in [4.69, 9.17) is 5.73 Å². The summed E-state index contributed by atoms with van der Waals surface area (Å²) in [5, 5.41) is 0. The minimum absolute atomic E-state index is 0.221. The van der Waals surface area contributed by atoms with E-state index in [1.54, 1.807) is 12.1 Å². The SMILES string of the molecule is Cc1ccc(F)c(-c2nc3ccc(F)cn3c2N)c1. The van der Waals surface area contributed by atoms with Crippen LogP contribution in [0.2, 0.25) is 0 Å². The highest BCUT2D eigenvalue weighted by molar-refractivity contribution is 5.75. The van der Waals surface area contributed by atoms with Gasteiger partial charge in [-0.25, -0.2) is 13.8 Å². The van der Waals surface area contributed by atoms with E-state index in [9.17, 15) is 8.78 Å². The van der Waals surface area contributed by atoms with Crippen molar-refractivity contribution in [2.45, 2.75) is 6.92 Å². The number of pyridine rings is 1. The van der Waals surface area contributed by atoms with Crippen LogP contribution in [0.5, 0.6) is 0 Å². The maximum absolute atomic E-state index is 13.9. The Morgan fingerprint density at radius 2 is 1.95 bits per heavy atom. The van der Waals surface area contributed by atoms with Gasteiger partial charge >= 0.3 is 0 Å². The maximum atomic E-state index is 13.9. The first-order valence-electron chi connectivity index (χ1n) is 5.76. The summed E-state index contributed by atoms with van der Waals surface area (Å²) in [7, 11) is 0. The fraction of sp³-hybridized carbons (Fsp3) is 0.0714. The monoisotopic (exact) mass is 259 g/mol. The van der Waals surface area contributed by atoms with Crippen molar-refractivity contribution in [2.75, 3.05) is 5.73 Å². The molecule has 2 heterocycles. The van der Waals surface area contributed by atoms with Gasteiger partial charge in [0.1, 0.15) is 28.8 Å². The summed E-state index contributed by atoms with van der Waals surface area (Å²) in [6.07, 6.45) is 1.23. The predicted octanol–water partition coefficient (Wildman–Crippen LogP) is 3.17. The molecule has 0 unspecified atom stereocenters. The van der Waals surface area contributed by atoms with Gasteiger partial charge in [-0.1, -0.05) is 11.6 Å². The van der Waals surface area contributed by atoms with E-state index in [0.29, 0.717) is 16.9 Å². The first kappa shape index (κ1) is 11.6. The Morgan fingerprint density at radius 3 is 2.74 bits per heavy atom. The van der Waals surface area contributed by atoms with Crippen LogP contribution in [0, 0.1) is 18.6 Å². The molecule has 0 fully saturated rings. The van der Waals surface area contributed by atoms with Crippen LogP contribution in [0.4, 0.5) is 14.6 Å². The normalized spacial score (nSPS) is 11.1. The first-order valence-corrected chi connectivity index (χ1v) is 5.76. The van der Waals surface area contributed by atoms with E-state index in [1.165, 1.54) is 28.8 Å². The summed E-state index contributed by atoms with van der Waals surface area (Å²) >= 11 is 0. The molecule has 0 atom stereocenters. The summed E-state index contributed by atoms with van der Waals surface area (Å²) < 4.78 is 28.5. The van der Waals surface area contributed by atoms with Crippen molar-refractivity contribution >= 4 is 11.5 Å². The highest BCUT2D eigenvalue weighted by atomic mass is 19.1. The Labute approximate surface area is 108 Å². The highest BCUT2D eigenvalue weighted by Gasteiger charge is 2.15. The van der Waals surface area contributed by atoms with Crippen LogP contribution < -0.4 is 5.73 Å². The van der Waals surface area contributed by atoms with Crippen molar-refractivity contribution in [3.8, 4) is 11.3 Å². The molecule has 0 aliphatic heterocycles. The standard InChI is InChI=1S/C14H11F2N3/c1-8-2-4-11(16)10(6-8)13-14(17)19-7-9(15)3-5-12(19)18-13/h2-7H,17H2,1H3. The zero-order valence-electron chi connectivity index (χ0n) is 10.2. The number of imidazole rings is 1. The molecule has 19 heavy (non-hydrogen) atoms. The number of rotatable bonds is 1. The van der Waals surface area contributed by atoms with Crippen LogP contribution in [-0.4, -0.2) is 9.38 Å². The van der Waals surface area contributed by atoms with Crippen LogP contribution in [0.3, 0.4) is 0 Å². The molecule has 0 saturated carbocycles. The van der Waals surface area contributed by atoms with E-state index < -0.39 is 11.6 Å². The van der Waals surface area contributed by atoms with Crippen molar-refractivity contribution in [2.24, 2.45) is 0 Å². The van der Waals surface area contributed by atoms with E-state index in [2.05, 4.69) is 4.98 Å². The summed E-state index contributed by atoms with van der Waals surface area (Å²) in [5.74, 6) is -0.604. The number of nitrogen functional groups attached to an aromatic ring is 1. The van der Waals surface area contributed by atoms with Gasteiger partial charge in [0, 0.05) is 11.8 Å². The fourth-order valence-electron chi connectivity index (χ4n) is 2.06. The van der Waals surface area contributed by atoms with E-state index >= 15 is 0 Å². The molecule has 0 aliphatic carbocycles. The number of hydrogen-bond donors (Lipinski definition) is 1. The Bertz CT molecular complexity index is 778. The molecule has 3 aromatic rings. The molecular weight excluding hydrogens is 248 g/mol. The fourth-order valence-corrected chi connectivity index (χ4v) is 2.06. The van der Waals surface area contributed by atoms with Crippen LogP contribution in [0.15, 0.2) is 36.5 Å². The number of benzene rings is 1. The third-order valence-electron chi connectivity index (χ3n) is 3.00. The summed E-state index contributed by atoms with van der Waals surface area (Å²) in [6, 6.07) is 7.50. The summed E-state index contributed by atoms with van der Waals surface area (Å²) in [6.45, 7) is 1.86. The van der Waals surface area contributed by atoms with Crippen LogP contribution >= 0.6 is 0 Å². The molecular formula is C14H11F2N3. The molecule has 3 nitrogen and oxygen atoms in total. The Morgan fingerprint density at radius 1 is 1.16 bits per heavy atom. The minimum atomic E-state index is -0.423. The number of aryl methyl sites for hydroxylation is 1. The van der Waals surface area contributed by atoms with Crippen LogP contribution in [0.1, 0.15) is 5.56 Å². The van der Waals surface area contributed by atoms with Gasteiger partial charge in [0.05, 0.1) is 0 Å². The van der Waals surface area contributed by atoms with Crippen molar-refractivity contribution in [3.63, 3.8) is 0 Å². The molecule has 1 aromatic carbocycles. The Balaban J connectivity index is 2.31. The quantitative estimate of drug-likeness (QED) is 0.729. The molecule has 0 saturated heterocycles. The molecule has 0 radical (unpaired) electrons. The minimum Gasteiger partial charge on any atom is -0.383 e. The molecule has 3 rings (SSSR count). The van der Waals surface area contributed by atoms with Gasteiger partial charge in [0.15, 0.2) is 0 Å². The largest absolute Gasteiger partial charge is 0.383 e. The lowest BCUT2D eigenvalue weighted by molar-refractivity contribution is 0.619. The molecule has 0 amide bonds. The summed E-state index contributed by atoms with van der Waals surface area (Å²) in [4.78, 5) is 4.26. The van der Waals surface area contributed by atoms with Crippen LogP contribution in [-0.2, 0) is 0 Å². The molecule has 0 spiro atoms. The van der Waals surface area contributed by atoms with Crippen molar-refractivity contribution in [1.82, 2.24) is 9.38 Å². The highest BCUT2D eigenvalue weighted by Crippen LogP contribution is 2.29. The number of halogens is 2. The van der Waals surface area contributed by atoms with Gasteiger partial charge < -0.3 is 5.73 Å². The molecule has 5 heteroatoms. The topological polar surface area (TPSA) is 43.3 Å². The average Bonchev–Trinajstić information content (AvgIpc) is 2.70. The van der Waals surface area contributed by atoms with Crippen molar-refractivity contribution < 1.29 is 8.78 Å². The molecule has 2 N–H and O–H groups in total. The zero-order valence-corrected chi connectivity index (χ0v) is 10.2. The number of nitrogens with two attached hydrogens (primary N) is 1.